The second kappa shape index (κ2) is 6.63. The quantitative estimate of drug-likeness (QED) is 0.622. The standard InChI is InChI=1S/C13H8ClF2NO2.ClH/c1-19-13(18)7-2-3-17-11(6-7)8-4-9(15)12(14)10(16)5-8;/h2-6H,1H3;1H. The van der Waals surface area contributed by atoms with Gasteiger partial charge in [0.25, 0.3) is 0 Å². The number of hydrogen-bond acceptors (Lipinski definition) is 3. The molecule has 0 unspecified atom stereocenters. The Bertz CT molecular complexity index is 627. The number of pyridine rings is 1. The number of aromatic nitrogens is 1. The smallest absolute Gasteiger partial charge is 0.337 e. The fourth-order valence-electron chi connectivity index (χ4n) is 1.54. The number of ether oxygens (including phenoxy) is 1. The zero-order valence-electron chi connectivity index (χ0n) is 10.2. The van der Waals surface area contributed by atoms with E-state index < -0.39 is 22.6 Å². The van der Waals surface area contributed by atoms with E-state index >= 15 is 0 Å². The van der Waals surface area contributed by atoms with Crippen molar-refractivity contribution in [1.82, 2.24) is 4.98 Å². The maximum Gasteiger partial charge on any atom is 0.337 e. The van der Waals surface area contributed by atoms with Gasteiger partial charge in [0.05, 0.1) is 18.4 Å². The molecule has 0 aliphatic heterocycles. The molecular weight excluding hydrogens is 311 g/mol. The first-order chi connectivity index (χ1) is 9.02. The lowest BCUT2D eigenvalue weighted by Crippen LogP contribution is -2.01. The molecule has 1 aromatic carbocycles. The van der Waals surface area contributed by atoms with Gasteiger partial charge in [-0.25, -0.2) is 13.6 Å². The van der Waals surface area contributed by atoms with Gasteiger partial charge >= 0.3 is 5.97 Å². The van der Waals surface area contributed by atoms with Crippen LogP contribution in [0.1, 0.15) is 10.4 Å². The number of carbonyl (C=O) groups excluding carboxylic acids is 1. The second-order valence-corrected chi connectivity index (χ2v) is 4.05. The molecule has 20 heavy (non-hydrogen) atoms. The number of rotatable bonds is 2. The van der Waals surface area contributed by atoms with E-state index in [-0.39, 0.29) is 29.2 Å². The van der Waals surface area contributed by atoms with Gasteiger partial charge < -0.3 is 4.74 Å². The first-order valence-electron chi connectivity index (χ1n) is 5.22. The van der Waals surface area contributed by atoms with Crippen LogP contribution in [0.2, 0.25) is 5.02 Å². The highest BCUT2D eigenvalue weighted by atomic mass is 35.5. The van der Waals surface area contributed by atoms with Gasteiger partial charge in [-0.1, -0.05) is 11.6 Å². The van der Waals surface area contributed by atoms with E-state index in [1.165, 1.54) is 25.4 Å². The van der Waals surface area contributed by atoms with Crippen molar-refractivity contribution in [1.29, 1.82) is 0 Å². The molecule has 7 heteroatoms. The maximum atomic E-state index is 13.4. The number of esters is 1. The molecule has 0 saturated carbocycles. The molecule has 0 aliphatic rings. The van der Waals surface area contributed by atoms with Gasteiger partial charge in [-0.3, -0.25) is 4.98 Å². The molecule has 0 amide bonds. The molecule has 3 nitrogen and oxygen atoms in total. The van der Waals surface area contributed by atoms with Gasteiger partial charge in [0.15, 0.2) is 0 Å². The largest absolute Gasteiger partial charge is 0.465 e. The maximum absolute atomic E-state index is 13.4. The first-order valence-corrected chi connectivity index (χ1v) is 5.60. The van der Waals surface area contributed by atoms with Crippen LogP contribution < -0.4 is 0 Å². The van der Waals surface area contributed by atoms with Crippen molar-refractivity contribution >= 4 is 30.0 Å². The minimum absolute atomic E-state index is 0. The van der Waals surface area contributed by atoms with Gasteiger partial charge in [-0.15, -0.1) is 12.4 Å². The van der Waals surface area contributed by atoms with Crippen LogP contribution in [0.4, 0.5) is 8.78 Å². The van der Waals surface area contributed by atoms with Gasteiger partial charge in [-0.2, -0.15) is 0 Å². The molecule has 1 heterocycles. The highest BCUT2D eigenvalue weighted by molar-refractivity contribution is 6.31. The van der Waals surface area contributed by atoms with Gasteiger partial charge in [0, 0.05) is 11.8 Å². The fraction of sp³-hybridized carbons (Fsp3) is 0.0769. The summed E-state index contributed by atoms with van der Waals surface area (Å²) in [5.74, 6) is -2.33. The summed E-state index contributed by atoms with van der Waals surface area (Å²) in [6.45, 7) is 0. The number of halogens is 4. The van der Waals surface area contributed by atoms with E-state index in [2.05, 4.69) is 9.72 Å². The van der Waals surface area contributed by atoms with Crippen LogP contribution in [0, 0.1) is 11.6 Å². The first kappa shape index (κ1) is 16.3. The number of methoxy groups -OCH3 is 1. The fourth-order valence-corrected chi connectivity index (χ4v) is 1.65. The Hall–Kier alpha value is -1.72. The molecule has 0 bridgehead atoms. The van der Waals surface area contributed by atoms with Crippen LogP contribution in [0.25, 0.3) is 11.3 Å². The molecule has 106 valence electrons. The van der Waals surface area contributed by atoms with Crippen LogP contribution in [-0.4, -0.2) is 18.1 Å². The monoisotopic (exact) mass is 319 g/mol. The average molecular weight is 320 g/mol. The number of hydrogen-bond donors (Lipinski definition) is 0. The SMILES string of the molecule is COC(=O)c1ccnc(-c2cc(F)c(Cl)c(F)c2)c1.Cl. The molecule has 0 N–H and O–H groups in total. The molecule has 2 rings (SSSR count). The van der Waals surface area contributed by atoms with Gasteiger partial charge in [0.2, 0.25) is 0 Å². The van der Waals surface area contributed by atoms with Crippen molar-refractivity contribution < 1.29 is 18.3 Å². The van der Waals surface area contributed by atoms with Crippen molar-refractivity contribution in [3.8, 4) is 11.3 Å². The Morgan fingerprint density at radius 1 is 1.25 bits per heavy atom. The van der Waals surface area contributed by atoms with E-state index in [4.69, 9.17) is 11.6 Å². The van der Waals surface area contributed by atoms with E-state index in [1.54, 1.807) is 0 Å². The third-order valence-electron chi connectivity index (χ3n) is 2.46. The molecule has 0 aliphatic carbocycles. The number of carbonyl (C=O) groups is 1. The highest BCUT2D eigenvalue weighted by Crippen LogP contribution is 2.26. The second-order valence-electron chi connectivity index (χ2n) is 3.68. The summed E-state index contributed by atoms with van der Waals surface area (Å²) in [6, 6.07) is 4.93. The molecule has 0 saturated heterocycles. The molecular formula is C13H9Cl2F2NO2. The molecule has 0 fully saturated rings. The van der Waals surface area contributed by atoms with E-state index in [9.17, 15) is 13.6 Å². The van der Waals surface area contributed by atoms with E-state index in [0.717, 1.165) is 12.1 Å². The molecule has 0 atom stereocenters. The molecule has 0 spiro atoms. The third-order valence-corrected chi connectivity index (χ3v) is 2.82. The predicted octanol–water partition coefficient (Wildman–Crippen LogP) is 3.89. The topological polar surface area (TPSA) is 39.2 Å². The summed E-state index contributed by atoms with van der Waals surface area (Å²) in [7, 11) is 1.24. The summed E-state index contributed by atoms with van der Waals surface area (Å²) in [4.78, 5) is 15.3. The van der Waals surface area contributed by atoms with E-state index in [1.807, 2.05) is 0 Å². The van der Waals surface area contributed by atoms with Crippen LogP contribution in [-0.2, 0) is 4.74 Å². The van der Waals surface area contributed by atoms with Crippen molar-refractivity contribution in [3.05, 3.63) is 52.7 Å². The lowest BCUT2D eigenvalue weighted by Gasteiger charge is -2.05. The van der Waals surface area contributed by atoms with E-state index in [0.29, 0.717) is 0 Å². The molecule has 2 aromatic rings. The Kier molecular flexibility index (Phi) is 5.42. The minimum Gasteiger partial charge on any atom is -0.465 e. The summed E-state index contributed by atoms with van der Waals surface area (Å²) >= 11 is 5.40. The zero-order valence-corrected chi connectivity index (χ0v) is 11.8. The van der Waals surface area contributed by atoms with Crippen LogP contribution in [0.5, 0.6) is 0 Å². The van der Waals surface area contributed by atoms with Gasteiger partial charge in [0.1, 0.15) is 16.7 Å². The highest BCUT2D eigenvalue weighted by Gasteiger charge is 2.12. The summed E-state index contributed by atoms with van der Waals surface area (Å²) in [5.41, 5.74) is 0.672. The van der Waals surface area contributed by atoms with Crippen molar-refractivity contribution in [2.75, 3.05) is 7.11 Å². The van der Waals surface area contributed by atoms with Crippen LogP contribution in [0.15, 0.2) is 30.5 Å². The lowest BCUT2D eigenvalue weighted by molar-refractivity contribution is 0.0600. The van der Waals surface area contributed by atoms with Crippen molar-refractivity contribution in [2.45, 2.75) is 0 Å². The Labute approximate surface area is 125 Å². The van der Waals surface area contributed by atoms with Crippen LogP contribution >= 0.6 is 24.0 Å². The summed E-state index contributed by atoms with van der Waals surface area (Å²) in [6.07, 6.45) is 1.35. The van der Waals surface area contributed by atoms with Crippen LogP contribution in [0.3, 0.4) is 0 Å². The predicted molar refractivity (Wildman–Crippen MR) is 73.2 cm³/mol. The number of benzene rings is 1. The Morgan fingerprint density at radius 2 is 1.85 bits per heavy atom. The minimum atomic E-state index is -0.887. The average Bonchev–Trinajstić information content (AvgIpc) is 2.43. The zero-order chi connectivity index (χ0) is 14.0. The summed E-state index contributed by atoms with van der Waals surface area (Å²) < 4.78 is 31.3. The van der Waals surface area contributed by atoms with Crippen molar-refractivity contribution in [2.24, 2.45) is 0 Å². The molecule has 1 aromatic heterocycles. The number of nitrogens with zero attached hydrogens (tertiary/aromatic N) is 1. The third kappa shape index (κ3) is 3.23. The normalized spacial score (nSPS) is 9.80. The lowest BCUT2D eigenvalue weighted by atomic mass is 10.1. The Morgan fingerprint density at radius 3 is 2.40 bits per heavy atom. The van der Waals surface area contributed by atoms with Gasteiger partial charge in [-0.05, 0) is 24.3 Å². The molecule has 0 radical (unpaired) electrons. The van der Waals surface area contributed by atoms with Crippen molar-refractivity contribution in [3.63, 3.8) is 0 Å². The Balaban J connectivity index is 0.00000200. The summed E-state index contributed by atoms with van der Waals surface area (Å²) in [5, 5.41) is -0.576.